The predicted octanol–water partition coefficient (Wildman–Crippen LogP) is 1.88. The van der Waals surface area contributed by atoms with Crippen LogP contribution >= 0.6 is 11.8 Å². The Hall–Kier alpha value is -1.60. The molecule has 0 saturated carbocycles. The van der Waals surface area contributed by atoms with E-state index in [4.69, 9.17) is 5.73 Å². The maximum absolute atomic E-state index is 12.3. The summed E-state index contributed by atoms with van der Waals surface area (Å²) >= 11 is 1.42. The Morgan fingerprint density at radius 1 is 1.52 bits per heavy atom. The number of hydrogen-bond acceptors (Lipinski definition) is 5. The first kappa shape index (κ1) is 15.8. The highest BCUT2D eigenvalue weighted by Gasteiger charge is 2.28. The molecule has 1 aromatic rings. The van der Waals surface area contributed by atoms with Gasteiger partial charge in [-0.25, -0.2) is 0 Å². The second kappa shape index (κ2) is 6.91. The van der Waals surface area contributed by atoms with E-state index in [-0.39, 0.29) is 16.8 Å². The summed E-state index contributed by atoms with van der Waals surface area (Å²) in [4.78, 5) is 25.2. The molecule has 1 aromatic carbocycles. The minimum Gasteiger partial charge on any atom is -0.341 e. The molecule has 0 spiro atoms. The topological polar surface area (TPSA) is 89.5 Å². The van der Waals surface area contributed by atoms with E-state index in [1.807, 2.05) is 11.8 Å². The summed E-state index contributed by atoms with van der Waals surface area (Å²) in [6, 6.07) is 6.28. The predicted molar refractivity (Wildman–Crippen MR) is 82.2 cm³/mol. The van der Waals surface area contributed by atoms with E-state index in [1.165, 1.54) is 23.9 Å². The zero-order chi connectivity index (χ0) is 15.4. The minimum atomic E-state index is -0.430. The lowest BCUT2D eigenvalue weighted by molar-refractivity contribution is -0.384. The molecule has 6 nitrogen and oxygen atoms in total. The normalized spacial score (nSPS) is 19.5. The van der Waals surface area contributed by atoms with E-state index in [9.17, 15) is 14.9 Å². The molecule has 1 amide bonds. The first-order chi connectivity index (χ1) is 10.0. The van der Waals surface area contributed by atoms with Gasteiger partial charge in [-0.05, 0) is 37.9 Å². The van der Waals surface area contributed by atoms with Gasteiger partial charge >= 0.3 is 0 Å². The number of rotatable bonds is 5. The highest BCUT2D eigenvalue weighted by atomic mass is 32.2. The van der Waals surface area contributed by atoms with Crippen molar-refractivity contribution in [1.29, 1.82) is 0 Å². The molecule has 1 saturated heterocycles. The summed E-state index contributed by atoms with van der Waals surface area (Å²) in [5, 5.41) is 10.4. The fraction of sp³-hybridized carbons (Fsp3) is 0.500. The molecule has 0 aliphatic carbocycles. The molecule has 2 unspecified atom stereocenters. The van der Waals surface area contributed by atoms with Gasteiger partial charge in [-0.3, -0.25) is 14.9 Å². The Morgan fingerprint density at radius 3 is 2.71 bits per heavy atom. The number of thioether (sulfide) groups is 1. The van der Waals surface area contributed by atoms with E-state index in [1.54, 1.807) is 12.1 Å². The van der Waals surface area contributed by atoms with Crippen molar-refractivity contribution in [3.8, 4) is 0 Å². The fourth-order valence-electron chi connectivity index (χ4n) is 2.38. The second-order valence-corrected chi connectivity index (χ2v) is 6.60. The first-order valence-electron chi connectivity index (χ1n) is 6.91. The zero-order valence-corrected chi connectivity index (χ0v) is 12.7. The number of nitro benzene ring substituents is 1. The van der Waals surface area contributed by atoms with Gasteiger partial charge in [0.15, 0.2) is 0 Å². The van der Waals surface area contributed by atoms with Crippen LogP contribution in [0.1, 0.15) is 13.3 Å². The van der Waals surface area contributed by atoms with Gasteiger partial charge in [-0.15, -0.1) is 11.8 Å². The average Bonchev–Trinajstić information content (AvgIpc) is 2.95. The van der Waals surface area contributed by atoms with Crippen molar-refractivity contribution < 1.29 is 9.72 Å². The lowest BCUT2D eigenvalue weighted by Crippen LogP contribution is -2.35. The standard InChI is InChI=1S/C14H19N3O3S/c1-10(14(18)16-7-6-11(8-15)9-16)21-13-4-2-12(3-5-13)17(19)20/h2-5,10-11H,6-9,15H2,1H3. The highest BCUT2D eigenvalue weighted by Crippen LogP contribution is 2.27. The molecule has 7 heteroatoms. The van der Waals surface area contributed by atoms with Gasteiger partial charge < -0.3 is 10.6 Å². The number of hydrogen-bond donors (Lipinski definition) is 1. The number of benzene rings is 1. The lowest BCUT2D eigenvalue weighted by Gasteiger charge is -2.20. The largest absolute Gasteiger partial charge is 0.341 e. The fourth-order valence-corrected chi connectivity index (χ4v) is 3.33. The number of nitrogens with zero attached hydrogens (tertiary/aromatic N) is 2. The number of carbonyl (C=O) groups excluding carboxylic acids is 1. The van der Waals surface area contributed by atoms with Gasteiger partial charge in [0.25, 0.3) is 5.69 Å². The molecule has 2 atom stereocenters. The van der Waals surface area contributed by atoms with Crippen molar-refractivity contribution >= 4 is 23.4 Å². The molecule has 2 rings (SSSR count). The van der Waals surface area contributed by atoms with E-state index in [0.29, 0.717) is 12.5 Å². The third kappa shape index (κ3) is 3.95. The molecule has 21 heavy (non-hydrogen) atoms. The third-order valence-electron chi connectivity index (χ3n) is 3.64. The van der Waals surface area contributed by atoms with Crippen LogP contribution < -0.4 is 5.73 Å². The molecule has 0 aromatic heterocycles. The molecule has 1 heterocycles. The average molecular weight is 309 g/mol. The molecule has 0 radical (unpaired) electrons. The van der Waals surface area contributed by atoms with Crippen molar-refractivity contribution in [2.24, 2.45) is 11.7 Å². The molecule has 1 aliphatic heterocycles. The van der Waals surface area contributed by atoms with Crippen molar-refractivity contribution in [1.82, 2.24) is 4.90 Å². The number of amides is 1. The lowest BCUT2D eigenvalue weighted by atomic mass is 10.1. The van der Waals surface area contributed by atoms with Crippen LogP contribution in [-0.2, 0) is 4.79 Å². The van der Waals surface area contributed by atoms with E-state index < -0.39 is 4.92 Å². The van der Waals surface area contributed by atoms with Crippen molar-refractivity contribution in [2.45, 2.75) is 23.5 Å². The van der Waals surface area contributed by atoms with Crippen LogP contribution in [0.4, 0.5) is 5.69 Å². The SMILES string of the molecule is CC(Sc1ccc([N+](=O)[O-])cc1)C(=O)N1CCC(CN)C1. The van der Waals surface area contributed by atoms with Crippen LogP contribution in [0.25, 0.3) is 0 Å². The van der Waals surface area contributed by atoms with Crippen molar-refractivity contribution in [2.75, 3.05) is 19.6 Å². The summed E-state index contributed by atoms with van der Waals surface area (Å²) in [5.41, 5.74) is 5.70. The summed E-state index contributed by atoms with van der Waals surface area (Å²) < 4.78 is 0. The van der Waals surface area contributed by atoms with Crippen LogP contribution in [-0.4, -0.2) is 40.6 Å². The van der Waals surface area contributed by atoms with Gasteiger partial charge in [0.2, 0.25) is 5.91 Å². The Kier molecular flexibility index (Phi) is 5.19. The maximum Gasteiger partial charge on any atom is 0.269 e. The van der Waals surface area contributed by atoms with Crippen LogP contribution in [0.5, 0.6) is 0 Å². The molecular formula is C14H19N3O3S. The smallest absolute Gasteiger partial charge is 0.269 e. The van der Waals surface area contributed by atoms with E-state index in [2.05, 4.69) is 0 Å². The molecule has 1 aliphatic rings. The van der Waals surface area contributed by atoms with Crippen molar-refractivity contribution in [3.63, 3.8) is 0 Å². The monoisotopic (exact) mass is 309 g/mol. The number of likely N-dealkylation sites (tertiary alicyclic amines) is 1. The Labute approximate surface area is 127 Å². The van der Waals surface area contributed by atoms with Crippen LogP contribution in [0.2, 0.25) is 0 Å². The summed E-state index contributed by atoms with van der Waals surface area (Å²) in [6.45, 7) is 3.99. The van der Waals surface area contributed by atoms with Gasteiger partial charge in [-0.2, -0.15) is 0 Å². The van der Waals surface area contributed by atoms with E-state index in [0.717, 1.165) is 24.4 Å². The van der Waals surface area contributed by atoms with Gasteiger partial charge in [0.05, 0.1) is 10.2 Å². The number of nitrogens with two attached hydrogens (primary N) is 1. The Balaban J connectivity index is 1.93. The summed E-state index contributed by atoms with van der Waals surface area (Å²) in [7, 11) is 0. The van der Waals surface area contributed by atoms with Crippen LogP contribution in [0.3, 0.4) is 0 Å². The summed E-state index contributed by atoms with van der Waals surface area (Å²) in [6.07, 6.45) is 0.969. The second-order valence-electron chi connectivity index (χ2n) is 5.19. The maximum atomic E-state index is 12.3. The van der Waals surface area contributed by atoms with Gasteiger partial charge in [0.1, 0.15) is 0 Å². The summed E-state index contributed by atoms with van der Waals surface area (Å²) in [5.74, 6) is 0.514. The molecule has 1 fully saturated rings. The molecular weight excluding hydrogens is 290 g/mol. The molecule has 114 valence electrons. The Morgan fingerprint density at radius 2 is 2.19 bits per heavy atom. The van der Waals surface area contributed by atoms with Gasteiger partial charge in [0, 0.05) is 30.1 Å². The number of non-ortho nitro benzene ring substituents is 1. The van der Waals surface area contributed by atoms with Crippen LogP contribution in [0.15, 0.2) is 29.2 Å². The Bertz CT molecular complexity index is 521. The molecule has 2 N–H and O–H groups in total. The molecule has 0 bridgehead atoms. The highest BCUT2D eigenvalue weighted by molar-refractivity contribution is 8.00. The van der Waals surface area contributed by atoms with E-state index >= 15 is 0 Å². The van der Waals surface area contributed by atoms with Crippen LogP contribution in [0, 0.1) is 16.0 Å². The number of nitro groups is 1. The number of carbonyl (C=O) groups is 1. The van der Waals surface area contributed by atoms with Crippen molar-refractivity contribution in [3.05, 3.63) is 34.4 Å². The third-order valence-corrected chi connectivity index (χ3v) is 4.74. The van der Waals surface area contributed by atoms with Gasteiger partial charge in [-0.1, -0.05) is 0 Å². The first-order valence-corrected chi connectivity index (χ1v) is 7.79. The minimum absolute atomic E-state index is 0.0589. The zero-order valence-electron chi connectivity index (χ0n) is 11.9. The quantitative estimate of drug-likeness (QED) is 0.509.